The number of H-pyrrole nitrogens is 1. The third-order valence-corrected chi connectivity index (χ3v) is 1.54. The van der Waals surface area contributed by atoms with Gasteiger partial charge in [0.2, 0.25) is 0 Å². The molecule has 0 saturated heterocycles. The van der Waals surface area contributed by atoms with Crippen molar-refractivity contribution in [1.82, 2.24) is 14.9 Å². The van der Waals surface area contributed by atoms with Gasteiger partial charge in [-0.15, -0.1) is 0 Å². The van der Waals surface area contributed by atoms with Gasteiger partial charge in [0.15, 0.2) is 0 Å². The molecule has 0 radical (unpaired) electrons. The Morgan fingerprint density at radius 3 is 3.00 bits per heavy atom. The van der Waals surface area contributed by atoms with E-state index in [2.05, 4.69) is 20.2 Å². The number of hydrogen-bond acceptors (Lipinski definition) is 4. The SMILES string of the molecule is CN(C)CCNc1cc(=O)[nH]cn1. The van der Waals surface area contributed by atoms with E-state index >= 15 is 0 Å². The van der Waals surface area contributed by atoms with Gasteiger partial charge < -0.3 is 15.2 Å². The Morgan fingerprint density at radius 1 is 1.62 bits per heavy atom. The number of aromatic nitrogens is 2. The minimum atomic E-state index is -0.137. The van der Waals surface area contributed by atoms with Crippen LogP contribution in [0.5, 0.6) is 0 Å². The molecule has 0 fully saturated rings. The van der Waals surface area contributed by atoms with E-state index in [0.717, 1.165) is 13.1 Å². The van der Waals surface area contributed by atoms with E-state index in [0.29, 0.717) is 5.82 Å². The molecule has 0 aromatic carbocycles. The van der Waals surface area contributed by atoms with Crippen LogP contribution in [-0.4, -0.2) is 42.1 Å². The van der Waals surface area contributed by atoms with Gasteiger partial charge >= 0.3 is 0 Å². The summed E-state index contributed by atoms with van der Waals surface area (Å²) in [6, 6.07) is 1.44. The van der Waals surface area contributed by atoms with Crippen LogP contribution in [-0.2, 0) is 0 Å². The monoisotopic (exact) mass is 182 g/mol. The quantitative estimate of drug-likeness (QED) is 0.673. The molecule has 0 aliphatic heterocycles. The van der Waals surface area contributed by atoms with Gasteiger partial charge in [-0.1, -0.05) is 0 Å². The standard InChI is InChI=1S/C8H14N4O/c1-12(2)4-3-9-7-5-8(13)11-6-10-7/h5-6H,3-4H2,1-2H3,(H2,9,10,11,13). The van der Waals surface area contributed by atoms with E-state index in [1.165, 1.54) is 12.4 Å². The summed E-state index contributed by atoms with van der Waals surface area (Å²) in [5.41, 5.74) is -0.137. The molecule has 0 bridgehead atoms. The molecule has 5 nitrogen and oxygen atoms in total. The predicted molar refractivity (Wildman–Crippen MR) is 51.9 cm³/mol. The van der Waals surface area contributed by atoms with E-state index in [1.54, 1.807) is 0 Å². The Labute approximate surface area is 76.8 Å². The fourth-order valence-electron chi connectivity index (χ4n) is 0.873. The first kappa shape index (κ1) is 9.73. The van der Waals surface area contributed by atoms with Gasteiger partial charge in [-0.25, -0.2) is 4.98 Å². The van der Waals surface area contributed by atoms with Crippen LogP contribution >= 0.6 is 0 Å². The van der Waals surface area contributed by atoms with Gasteiger partial charge in [0.1, 0.15) is 5.82 Å². The number of nitrogens with zero attached hydrogens (tertiary/aromatic N) is 2. The highest BCUT2D eigenvalue weighted by Crippen LogP contribution is 1.92. The summed E-state index contributed by atoms with van der Waals surface area (Å²) in [7, 11) is 3.99. The second-order valence-corrected chi connectivity index (χ2v) is 3.03. The minimum Gasteiger partial charge on any atom is -0.369 e. The first-order chi connectivity index (χ1) is 6.18. The molecular weight excluding hydrogens is 168 g/mol. The number of rotatable bonds is 4. The van der Waals surface area contributed by atoms with Gasteiger partial charge in [-0.2, -0.15) is 0 Å². The number of likely N-dealkylation sites (N-methyl/N-ethyl adjacent to an activating group) is 1. The van der Waals surface area contributed by atoms with Gasteiger partial charge in [0, 0.05) is 19.2 Å². The maximum atomic E-state index is 10.8. The molecule has 0 spiro atoms. The van der Waals surface area contributed by atoms with Crippen molar-refractivity contribution in [2.75, 3.05) is 32.5 Å². The molecule has 13 heavy (non-hydrogen) atoms. The molecule has 2 N–H and O–H groups in total. The highest BCUT2D eigenvalue weighted by atomic mass is 16.1. The summed E-state index contributed by atoms with van der Waals surface area (Å²) in [5.74, 6) is 0.616. The Hall–Kier alpha value is -1.36. The Morgan fingerprint density at radius 2 is 2.38 bits per heavy atom. The van der Waals surface area contributed by atoms with Crippen molar-refractivity contribution >= 4 is 5.82 Å². The van der Waals surface area contributed by atoms with E-state index in [4.69, 9.17) is 0 Å². The highest BCUT2D eigenvalue weighted by molar-refractivity contribution is 5.31. The lowest BCUT2D eigenvalue weighted by molar-refractivity contribution is 0.425. The van der Waals surface area contributed by atoms with E-state index in [1.807, 2.05) is 14.1 Å². The number of anilines is 1. The Kier molecular flexibility index (Phi) is 3.45. The first-order valence-electron chi connectivity index (χ1n) is 4.12. The van der Waals surface area contributed by atoms with Gasteiger partial charge in [-0.05, 0) is 14.1 Å². The summed E-state index contributed by atoms with van der Waals surface area (Å²) in [6.45, 7) is 1.69. The van der Waals surface area contributed by atoms with Crippen molar-refractivity contribution < 1.29 is 0 Å². The van der Waals surface area contributed by atoms with Crippen molar-refractivity contribution in [2.24, 2.45) is 0 Å². The lowest BCUT2D eigenvalue weighted by Gasteiger charge is -2.09. The summed E-state index contributed by atoms with van der Waals surface area (Å²) < 4.78 is 0. The van der Waals surface area contributed by atoms with Gasteiger partial charge in [-0.3, -0.25) is 4.79 Å². The molecule has 0 aliphatic carbocycles. The summed E-state index contributed by atoms with van der Waals surface area (Å²) in [4.78, 5) is 19.3. The smallest absolute Gasteiger partial charge is 0.252 e. The fourth-order valence-corrected chi connectivity index (χ4v) is 0.873. The minimum absolute atomic E-state index is 0.137. The lowest BCUT2D eigenvalue weighted by Crippen LogP contribution is -2.21. The van der Waals surface area contributed by atoms with Crippen LogP contribution in [0.3, 0.4) is 0 Å². The second-order valence-electron chi connectivity index (χ2n) is 3.03. The van der Waals surface area contributed by atoms with Crippen molar-refractivity contribution in [3.05, 3.63) is 22.7 Å². The number of nitrogens with one attached hydrogen (secondary N) is 2. The zero-order chi connectivity index (χ0) is 9.68. The average molecular weight is 182 g/mol. The number of aromatic amines is 1. The van der Waals surface area contributed by atoms with Crippen molar-refractivity contribution in [2.45, 2.75) is 0 Å². The molecule has 0 aliphatic rings. The zero-order valence-corrected chi connectivity index (χ0v) is 7.87. The summed E-state index contributed by atoms with van der Waals surface area (Å²) in [6.07, 6.45) is 1.39. The zero-order valence-electron chi connectivity index (χ0n) is 7.87. The molecule has 72 valence electrons. The van der Waals surface area contributed by atoms with E-state index in [-0.39, 0.29) is 5.56 Å². The van der Waals surface area contributed by atoms with Crippen LogP contribution in [0, 0.1) is 0 Å². The van der Waals surface area contributed by atoms with Crippen LogP contribution in [0.2, 0.25) is 0 Å². The second kappa shape index (κ2) is 4.61. The highest BCUT2D eigenvalue weighted by Gasteiger charge is 1.93. The summed E-state index contributed by atoms with van der Waals surface area (Å²) >= 11 is 0. The molecule has 1 aromatic heterocycles. The third kappa shape index (κ3) is 3.71. The van der Waals surface area contributed by atoms with Gasteiger partial charge in [0.05, 0.1) is 6.33 Å². The average Bonchev–Trinajstić information content (AvgIpc) is 2.03. The number of hydrogen-bond donors (Lipinski definition) is 2. The van der Waals surface area contributed by atoms with Crippen LogP contribution in [0.25, 0.3) is 0 Å². The van der Waals surface area contributed by atoms with Crippen molar-refractivity contribution in [1.29, 1.82) is 0 Å². The molecule has 1 aromatic rings. The van der Waals surface area contributed by atoms with Crippen LogP contribution in [0.4, 0.5) is 5.82 Å². The largest absolute Gasteiger partial charge is 0.369 e. The fraction of sp³-hybridized carbons (Fsp3) is 0.500. The molecule has 0 unspecified atom stereocenters. The normalized spacial score (nSPS) is 10.4. The molecule has 0 amide bonds. The van der Waals surface area contributed by atoms with Crippen LogP contribution in [0.15, 0.2) is 17.2 Å². The predicted octanol–water partition coefficient (Wildman–Crippen LogP) is -0.257. The summed E-state index contributed by atoms with van der Waals surface area (Å²) in [5, 5.41) is 3.04. The topological polar surface area (TPSA) is 61.0 Å². The molecule has 1 heterocycles. The maximum absolute atomic E-state index is 10.8. The van der Waals surface area contributed by atoms with Crippen LogP contribution in [0.1, 0.15) is 0 Å². The van der Waals surface area contributed by atoms with Crippen molar-refractivity contribution in [3.63, 3.8) is 0 Å². The molecular formula is C8H14N4O. The van der Waals surface area contributed by atoms with E-state index < -0.39 is 0 Å². The molecule has 5 heteroatoms. The van der Waals surface area contributed by atoms with Crippen LogP contribution < -0.4 is 10.9 Å². The van der Waals surface area contributed by atoms with E-state index in [9.17, 15) is 4.79 Å². The Bertz CT molecular complexity index is 307. The third-order valence-electron chi connectivity index (χ3n) is 1.54. The van der Waals surface area contributed by atoms with Gasteiger partial charge in [0.25, 0.3) is 5.56 Å². The lowest BCUT2D eigenvalue weighted by atomic mass is 10.5. The molecule has 1 rings (SSSR count). The first-order valence-corrected chi connectivity index (χ1v) is 4.12. The Balaban J connectivity index is 2.41. The molecule has 0 atom stereocenters. The molecule has 0 saturated carbocycles. The maximum Gasteiger partial charge on any atom is 0.252 e. The van der Waals surface area contributed by atoms with Crippen molar-refractivity contribution in [3.8, 4) is 0 Å².